The molecule has 1 aromatic heterocycles. The normalized spacial score (nSPS) is 26.3. The van der Waals surface area contributed by atoms with Crippen LogP contribution in [0.15, 0.2) is 47.5 Å². The first kappa shape index (κ1) is 24.6. The van der Waals surface area contributed by atoms with Crippen molar-refractivity contribution in [2.45, 2.75) is 51.2 Å². The van der Waals surface area contributed by atoms with Gasteiger partial charge in [0, 0.05) is 38.1 Å². The van der Waals surface area contributed by atoms with Gasteiger partial charge in [-0.05, 0) is 68.5 Å². The molecule has 184 valence electrons. The number of rotatable bonds is 5. The van der Waals surface area contributed by atoms with Crippen molar-refractivity contribution in [3.05, 3.63) is 48.2 Å². The molecule has 1 amide bonds. The van der Waals surface area contributed by atoms with Gasteiger partial charge in [0.05, 0.1) is 22.7 Å². The lowest BCUT2D eigenvalue weighted by atomic mass is 9.94. The average molecular weight is 487 g/mol. The van der Waals surface area contributed by atoms with Gasteiger partial charge in [-0.25, -0.2) is 13.4 Å². The van der Waals surface area contributed by atoms with E-state index in [2.05, 4.69) is 29.0 Å². The number of carbonyl (C=O) groups is 1. The molecule has 2 fully saturated rings. The molecule has 0 unspecified atom stereocenters. The molecule has 0 aliphatic carbocycles. The van der Waals surface area contributed by atoms with Gasteiger partial charge < -0.3 is 15.0 Å². The Morgan fingerprint density at radius 3 is 2.12 bits per heavy atom. The van der Waals surface area contributed by atoms with E-state index in [1.807, 2.05) is 19.9 Å². The van der Waals surface area contributed by atoms with Crippen LogP contribution in [-0.4, -0.2) is 62.0 Å². The van der Waals surface area contributed by atoms with Gasteiger partial charge in [0.2, 0.25) is 10.0 Å². The molecule has 0 spiro atoms. The smallest absolute Gasteiger partial charge is 0.257 e. The highest BCUT2D eigenvalue weighted by molar-refractivity contribution is 7.89. The van der Waals surface area contributed by atoms with Crippen LogP contribution in [-0.2, 0) is 14.8 Å². The Balaban J connectivity index is 1.40. The van der Waals surface area contributed by atoms with E-state index >= 15 is 0 Å². The second-order valence-corrected chi connectivity index (χ2v) is 11.8. The van der Waals surface area contributed by atoms with Crippen LogP contribution in [0.2, 0.25) is 0 Å². The van der Waals surface area contributed by atoms with Crippen LogP contribution >= 0.6 is 0 Å². The van der Waals surface area contributed by atoms with Crippen LogP contribution in [0.25, 0.3) is 0 Å². The Morgan fingerprint density at radius 1 is 0.941 bits per heavy atom. The summed E-state index contributed by atoms with van der Waals surface area (Å²) >= 11 is 0. The molecule has 2 aliphatic heterocycles. The van der Waals surface area contributed by atoms with Crippen molar-refractivity contribution in [2.75, 3.05) is 36.4 Å². The molecule has 4 atom stereocenters. The summed E-state index contributed by atoms with van der Waals surface area (Å²) in [6, 6.07) is 9.95. The lowest BCUT2D eigenvalue weighted by Crippen LogP contribution is -2.45. The maximum absolute atomic E-state index is 13.1. The van der Waals surface area contributed by atoms with Crippen molar-refractivity contribution < 1.29 is 17.9 Å². The fourth-order valence-corrected chi connectivity index (χ4v) is 6.62. The first-order chi connectivity index (χ1) is 16.1. The summed E-state index contributed by atoms with van der Waals surface area (Å²) in [5.41, 5.74) is 0.968. The maximum atomic E-state index is 13.1. The van der Waals surface area contributed by atoms with Gasteiger partial charge in [0.1, 0.15) is 5.82 Å². The molecule has 2 aliphatic rings. The summed E-state index contributed by atoms with van der Waals surface area (Å²) in [5.74, 6) is 1.20. The van der Waals surface area contributed by atoms with Gasteiger partial charge in [-0.1, -0.05) is 13.8 Å². The number of morpholine rings is 1. The van der Waals surface area contributed by atoms with Crippen molar-refractivity contribution in [2.24, 2.45) is 11.8 Å². The number of hydrogen-bond donors (Lipinski definition) is 1. The molecule has 2 aromatic rings. The molecule has 1 aromatic carbocycles. The summed E-state index contributed by atoms with van der Waals surface area (Å²) in [7, 11) is -3.55. The molecule has 34 heavy (non-hydrogen) atoms. The number of carbonyl (C=O) groups excluding carboxylic acids is 1. The first-order valence-corrected chi connectivity index (χ1v) is 13.3. The SMILES string of the molecule is C[C@@H]1C[C@H](C)CN(S(=O)(=O)c2ccc(NC(=O)c3ccc(N4C[C@@H](C)O[C@H](C)C4)nc3)cc2)C1. The largest absolute Gasteiger partial charge is 0.372 e. The highest BCUT2D eigenvalue weighted by atomic mass is 32.2. The van der Waals surface area contributed by atoms with Gasteiger partial charge in [0.15, 0.2) is 0 Å². The predicted octanol–water partition coefficient (Wildman–Crippen LogP) is 3.61. The maximum Gasteiger partial charge on any atom is 0.257 e. The number of pyridine rings is 1. The summed E-state index contributed by atoms with van der Waals surface area (Å²) in [5, 5.41) is 2.82. The van der Waals surface area contributed by atoms with E-state index in [9.17, 15) is 13.2 Å². The molecule has 1 N–H and O–H groups in total. The number of ether oxygens (including phenoxy) is 1. The van der Waals surface area contributed by atoms with Crippen molar-refractivity contribution in [3.8, 4) is 0 Å². The van der Waals surface area contributed by atoms with Crippen LogP contribution < -0.4 is 10.2 Å². The molecule has 0 bridgehead atoms. The zero-order valence-corrected chi connectivity index (χ0v) is 21.1. The van der Waals surface area contributed by atoms with Gasteiger partial charge in [0.25, 0.3) is 5.91 Å². The Hall–Kier alpha value is -2.49. The number of benzene rings is 1. The number of sulfonamides is 1. The van der Waals surface area contributed by atoms with E-state index < -0.39 is 10.0 Å². The Labute approximate surface area is 202 Å². The summed E-state index contributed by atoms with van der Waals surface area (Å²) < 4.78 is 33.4. The van der Waals surface area contributed by atoms with Crippen molar-refractivity contribution >= 4 is 27.4 Å². The molecular weight excluding hydrogens is 452 g/mol. The number of aromatic nitrogens is 1. The predicted molar refractivity (Wildman–Crippen MR) is 133 cm³/mol. The third-order valence-electron chi connectivity index (χ3n) is 6.34. The Bertz CT molecular complexity index is 1080. The van der Waals surface area contributed by atoms with E-state index in [1.54, 1.807) is 40.8 Å². The van der Waals surface area contributed by atoms with Crippen LogP contribution in [0.1, 0.15) is 44.5 Å². The number of amides is 1. The Morgan fingerprint density at radius 2 is 1.56 bits per heavy atom. The van der Waals surface area contributed by atoms with Gasteiger partial charge in [-0.15, -0.1) is 0 Å². The monoisotopic (exact) mass is 486 g/mol. The van der Waals surface area contributed by atoms with E-state index in [4.69, 9.17) is 4.74 Å². The minimum Gasteiger partial charge on any atom is -0.372 e. The molecule has 4 rings (SSSR count). The van der Waals surface area contributed by atoms with Gasteiger partial charge in [-0.2, -0.15) is 4.31 Å². The minimum absolute atomic E-state index is 0.127. The number of piperidine rings is 1. The molecule has 0 radical (unpaired) electrons. The van der Waals surface area contributed by atoms with E-state index in [-0.39, 0.29) is 23.0 Å². The zero-order valence-electron chi connectivity index (χ0n) is 20.3. The molecule has 3 heterocycles. The first-order valence-electron chi connectivity index (χ1n) is 11.9. The summed E-state index contributed by atoms with van der Waals surface area (Å²) in [6.07, 6.45) is 2.86. The standard InChI is InChI=1S/C25H34N4O4S/c1-17-11-18(2)14-29(13-17)34(31,32)23-8-6-22(7-9-23)27-25(30)21-5-10-24(26-12-21)28-15-19(3)33-20(4)16-28/h5-10,12,17-20H,11,13-16H2,1-4H3,(H,27,30)/t17-,18+,19-,20-/m1/s1. The highest BCUT2D eigenvalue weighted by Gasteiger charge is 2.31. The fraction of sp³-hybridized carbons (Fsp3) is 0.520. The van der Waals surface area contributed by atoms with Crippen LogP contribution in [0, 0.1) is 11.8 Å². The molecule has 2 saturated heterocycles. The lowest BCUT2D eigenvalue weighted by Gasteiger charge is -2.36. The second kappa shape index (κ2) is 10.0. The number of nitrogens with zero attached hydrogens (tertiary/aromatic N) is 3. The van der Waals surface area contributed by atoms with Gasteiger partial charge in [-0.3, -0.25) is 4.79 Å². The van der Waals surface area contributed by atoms with Crippen molar-refractivity contribution in [1.29, 1.82) is 0 Å². The zero-order chi connectivity index (χ0) is 24.5. The van der Waals surface area contributed by atoms with Crippen molar-refractivity contribution in [3.63, 3.8) is 0 Å². The minimum atomic E-state index is -3.55. The lowest BCUT2D eigenvalue weighted by molar-refractivity contribution is -0.00546. The number of anilines is 2. The van der Waals surface area contributed by atoms with E-state index in [0.717, 1.165) is 25.3 Å². The molecule has 8 nitrogen and oxygen atoms in total. The average Bonchev–Trinajstić information content (AvgIpc) is 2.78. The van der Waals surface area contributed by atoms with Crippen LogP contribution in [0.4, 0.5) is 11.5 Å². The summed E-state index contributed by atoms with van der Waals surface area (Å²) in [6.45, 7) is 10.8. The van der Waals surface area contributed by atoms with E-state index in [1.165, 1.54) is 0 Å². The highest BCUT2D eigenvalue weighted by Crippen LogP contribution is 2.27. The van der Waals surface area contributed by atoms with Crippen LogP contribution in [0.3, 0.4) is 0 Å². The third kappa shape index (κ3) is 5.59. The number of nitrogens with one attached hydrogen (secondary N) is 1. The van der Waals surface area contributed by atoms with Crippen LogP contribution in [0.5, 0.6) is 0 Å². The van der Waals surface area contributed by atoms with E-state index in [0.29, 0.717) is 36.2 Å². The van der Waals surface area contributed by atoms with Gasteiger partial charge >= 0.3 is 0 Å². The quantitative estimate of drug-likeness (QED) is 0.694. The third-order valence-corrected chi connectivity index (χ3v) is 8.18. The topological polar surface area (TPSA) is 91.8 Å². The number of hydrogen-bond acceptors (Lipinski definition) is 6. The molecule has 9 heteroatoms. The molecule has 0 saturated carbocycles. The summed E-state index contributed by atoms with van der Waals surface area (Å²) in [4.78, 5) is 19.6. The molecular formula is C25H34N4O4S. The Kier molecular flexibility index (Phi) is 7.25. The van der Waals surface area contributed by atoms with Crippen molar-refractivity contribution in [1.82, 2.24) is 9.29 Å². The fourth-order valence-electron chi connectivity index (χ4n) is 4.94. The second-order valence-electron chi connectivity index (χ2n) is 9.81.